The second kappa shape index (κ2) is 12.7. The van der Waals surface area contributed by atoms with E-state index in [0.29, 0.717) is 38.9 Å². The summed E-state index contributed by atoms with van der Waals surface area (Å²) >= 11 is 7.37. The lowest BCUT2D eigenvalue weighted by Crippen LogP contribution is -2.13. The Morgan fingerprint density at radius 3 is 2.57 bits per heavy atom. The minimum Gasteiger partial charge on any atom is -0.493 e. The lowest BCUT2D eigenvalue weighted by Gasteiger charge is -2.12. The highest BCUT2D eigenvalue weighted by atomic mass is 35.5. The van der Waals surface area contributed by atoms with Gasteiger partial charge in [0, 0.05) is 6.42 Å². The van der Waals surface area contributed by atoms with Gasteiger partial charge >= 0.3 is 0 Å². The Morgan fingerprint density at radius 1 is 1.14 bits per heavy atom. The van der Waals surface area contributed by atoms with Crippen LogP contribution in [0, 0.1) is 17.2 Å². The van der Waals surface area contributed by atoms with Crippen molar-refractivity contribution in [2.45, 2.75) is 20.3 Å². The van der Waals surface area contributed by atoms with Gasteiger partial charge in [0.2, 0.25) is 5.13 Å². The standard InChI is InChI=1S/C25H25ClN4O4S/c1-16(2)12-23-29-30-25(35-23)28-24(31)18(15-27)13-17-8-9-21(22(14-17)32-3)34-11-10-33-20-7-5-4-6-19(20)26/h4-9,13-14,16H,10-12H2,1-3H3,(H,28,30,31)/b18-13-. The zero-order chi connectivity index (χ0) is 25.2. The van der Waals surface area contributed by atoms with Crippen LogP contribution in [0.2, 0.25) is 5.02 Å². The highest BCUT2D eigenvalue weighted by Gasteiger charge is 2.14. The summed E-state index contributed by atoms with van der Waals surface area (Å²) in [5.41, 5.74) is 0.528. The van der Waals surface area contributed by atoms with Crippen molar-refractivity contribution < 1.29 is 19.0 Å². The molecule has 1 amide bonds. The van der Waals surface area contributed by atoms with E-state index in [2.05, 4.69) is 29.4 Å². The highest BCUT2D eigenvalue weighted by Crippen LogP contribution is 2.29. The van der Waals surface area contributed by atoms with Crippen molar-refractivity contribution >= 4 is 40.1 Å². The lowest BCUT2D eigenvalue weighted by molar-refractivity contribution is -0.112. The van der Waals surface area contributed by atoms with Crippen LogP contribution in [-0.2, 0) is 11.2 Å². The van der Waals surface area contributed by atoms with Crippen molar-refractivity contribution in [3.8, 4) is 23.3 Å². The number of ether oxygens (including phenoxy) is 3. The first-order valence-corrected chi connectivity index (χ1v) is 12.0. The Balaban J connectivity index is 1.62. The topological polar surface area (TPSA) is 106 Å². The molecule has 3 aromatic rings. The van der Waals surface area contributed by atoms with Gasteiger partial charge in [0.25, 0.3) is 5.91 Å². The zero-order valence-corrected chi connectivity index (χ0v) is 21.2. The van der Waals surface area contributed by atoms with Crippen molar-refractivity contribution in [3.05, 3.63) is 63.6 Å². The molecule has 3 rings (SSSR count). The summed E-state index contributed by atoms with van der Waals surface area (Å²) in [5, 5.41) is 21.9. The number of amides is 1. The number of nitrogens with one attached hydrogen (secondary N) is 1. The number of hydrogen-bond acceptors (Lipinski definition) is 8. The molecule has 0 aliphatic rings. The molecule has 0 radical (unpaired) electrons. The monoisotopic (exact) mass is 512 g/mol. The average Bonchev–Trinajstić information content (AvgIpc) is 3.27. The van der Waals surface area contributed by atoms with E-state index in [4.69, 9.17) is 25.8 Å². The van der Waals surface area contributed by atoms with E-state index >= 15 is 0 Å². The third kappa shape index (κ3) is 7.70. The predicted octanol–water partition coefficient (Wildman–Crippen LogP) is 5.40. The Morgan fingerprint density at radius 2 is 1.89 bits per heavy atom. The van der Waals surface area contributed by atoms with Gasteiger partial charge in [0.05, 0.1) is 12.1 Å². The summed E-state index contributed by atoms with van der Waals surface area (Å²) in [7, 11) is 1.51. The first kappa shape index (κ1) is 26.0. The molecule has 35 heavy (non-hydrogen) atoms. The van der Waals surface area contributed by atoms with Gasteiger partial charge in [-0.25, -0.2) is 0 Å². The first-order chi connectivity index (χ1) is 16.9. The summed E-state index contributed by atoms with van der Waals surface area (Å²) in [4.78, 5) is 12.6. The molecule has 0 fully saturated rings. The molecule has 0 atom stereocenters. The number of methoxy groups -OCH3 is 1. The van der Waals surface area contributed by atoms with Crippen molar-refractivity contribution in [2.75, 3.05) is 25.6 Å². The fourth-order valence-electron chi connectivity index (χ4n) is 2.97. The van der Waals surface area contributed by atoms with E-state index in [1.54, 1.807) is 30.3 Å². The fourth-order valence-corrected chi connectivity index (χ4v) is 4.11. The van der Waals surface area contributed by atoms with E-state index < -0.39 is 5.91 Å². The molecule has 0 aliphatic heterocycles. The van der Waals surface area contributed by atoms with Crippen LogP contribution in [0.5, 0.6) is 17.2 Å². The van der Waals surface area contributed by atoms with E-state index in [9.17, 15) is 10.1 Å². The fraction of sp³-hybridized carbons (Fsp3) is 0.280. The Bertz CT molecular complexity index is 1240. The van der Waals surface area contributed by atoms with Crippen LogP contribution in [0.1, 0.15) is 24.4 Å². The van der Waals surface area contributed by atoms with Gasteiger partial charge in [-0.05, 0) is 41.8 Å². The van der Waals surface area contributed by atoms with Crippen molar-refractivity contribution in [1.29, 1.82) is 5.26 Å². The van der Waals surface area contributed by atoms with Gasteiger partial charge in [-0.3, -0.25) is 10.1 Å². The van der Waals surface area contributed by atoms with Crippen LogP contribution in [-0.4, -0.2) is 36.4 Å². The molecule has 1 aromatic heterocycles. The number of anilines is 1. The SMILES string of the molecule is COc1cc(/C=C(/C#N)C(=O)Nc2nnc(CC(C)C)s2)ccc1OCCOc1ccccc1Cl. The van der Waals surface area contributed by atoms with Crippen molar-refractivity contribution in [1.82, 2.24) is 10.2 Å². The number of carbonyl (C=O) groups is 1. The Labute approximate surface area is 213 Å². The molecule has 0 saturated heterocycles. The van der Waals surface area contributed by atoms with E-state index in [-0.39, 0.29) is 18.8 Å². The van der Waals surface area contributed by atoms with E-state index in [1.807, 2.05) is 18.2 Å². The van der Waals surface area contributed by atoms with Gasteiger partial charge < -0.3 is 14.2 Å². The number of benzene rings is 2. The van der Waals surface area contributed by atoms with E-state index in [1.165, 1.54) is 24.5 Å². The molecule has 182 valence electrons. The van der Waals surface area contributed by atoms with Crippen LogP contribution < -0.4 is 19.5 Å². The third-order valence-electron chi connectivity index (χ3n) is 4.57. The molecule has 0 aliphatic carbocycles. The molecular weight excluding hydrogens is 488 g/mol. The first-order valence-electron chi connectivity index (χ1n) is 10.8. The summed E-state index contributed by atoms with van der Waals surface area (Å²) in [6, 6.07) is 14.2. The van der Waals surface area contributed by atoms with E-state index in [0.717, 1.165) is 11.4 Å². The average molecular weight is 513 g/mol. The zero-order valence-electron chi connectivity index (χ0n) is 19.6. The number of nitriles is 1. The number of hydrogen-bond donors (Lipinski definition) is 1. The molecule has 2 aromatic carbocycles. The molecule has 0 unspecified atom stereocenters. The number of carbonyl (C=O) groups excluding carboxylic acids is 1. The van der Waals surface area contributed by atoms with Gasteiger partial charge in [0.15, 0.2) is 11.5 Å². The largest absolute Gasteiger partial charge is 0.493 e. The molecule has 0 bridgehead atoms. The maximum Gasteiger partial charge on any atom is 0.268 e. The maximum absolute atomic E-state index is 12.6. The second-order valence-corrected chi connectivity index (χ2v) is 9.23. The molecule has 0 saturated carbocycles. The highest BCUT2D eigenvalue weighted by molar-refractivity contribution is 7.15. The number of para-hydroxylation sites is 1. The molecule has 1 heterocycles. The Hall–Kier alpha value is -3.61. The number of rotatable bonds is 11. The quantitative estimate of drug-likeness (QED) is 0.208. The van der Waals surface area contributed by atoms with Gasteiger partial charge in [-0.15, -0.1) is 10.2 Å². The summed E-state index contributed by atoms with van der Waals surface area (Å²) in [6.45, 7) is 4.71. The number of halogens is 1. The molecule has 0 spiro atoms. The second-order valence-electron chi connectivity index (χ2n) is 7.76. The lowest BCUT2D eigenvalue weighted by atomic mass is 10.1. The van der Waals surface area contributed by atoms with Gasteiger partial charge in [-0.2, -0.15) is 5.26 Å². The third-order valence-corrected chi connectivity index (χ3v) is 5.74. The van der Waals surface area contributed by atoms with Crippen LogP contribution in [0.25, 0.3) is 6.08 Å². The number of nitrogens with zero attached hydrogens (tertiary/aromatic N) is 3. The van der Waals surface area contributed by atoms with Crippen molar-refractivity contribution in [3.63, 3.8) is 0 Å². The van der Waals surface area contributed by atoms with Crippen LogP contribution in [0.4, 0.5) is 5.13 Å². The van der Waals surface area contributed by atoms with Crippen LogP contribution in [0.15, 0.2) is 48.0 Å². The number of aromatic nitrogens is 2. The Kier molecular flexibility index (Phi) is 9.47. The summed E-state index contributed by atoms with van der Waals surface area (Å²) in [6.07, 6.45) is 2.24. The minimum atomic E-state index is -0.559. The minimum absolute atomic E-state index is 0.0746. The molecule has 10 heteroatoms. The van der Waals surface area contributed by atoms with Crippen LogP contribution >= 0.6 is 22.9 Å². The smallest absolute Gasteiger partial charge is 0.268 e. The predicted molar refractivity (Wildman–Crippen MR) is 136 cm³/mol. The maximum atomic E-state index is 12.6. The molecule has 1 N–H and O–H groups in total. The van der Waals surface area contributed by atoms with Gasteiger partial charge in [0.1, 0.15) is 35.6 Å². The van der Waals surface area contributed by atoms with Gasteiger partial charge in [-0.1, -0.05) is 55.0 Å². The van der Waals surface area contributed by atoms with Crippen molar-refractivity contribution in [2.24, 2.45) is 5.92 Å². The normalized spacial score (nSPS) is 11.1. The van der Waals surface area contributed by atoms with Crippen LogP contribution in [0.3, 0.4) is 0 Å². The summed E-state index contributed by atoms with van der Waals surface area (Å²) < 4.78 is 16.8. The summed E-state index contributed by atoms with van der Waals surface area (Å²) in [5.74, 6) is 1.41. The molecule has 8 nitrogen and oxygen atoms in total. The molecular formula is C25H25ClN4O4S.